The van der Waals surface area contributed by atoms with Gasteiger partial charge in [-0.05, 0) is 19.2 Å². The molecule has 1 aliphatic rings. The predicted octanol–water partition coefficient (Wildman–Crippen LogP) is 0.105. The summed E-state index contributed by atoms with van der Waals surface area (Å²) >= 11 is 0. The molecule has 2 heterocycles. The van der Waals surface area contributed by atoms with Gasteiger partial charge in [0.25, 0.3) is 0 Å². The van der Waals surface area contributed by atoms with Crippen LogP contribution in [0.1, 0.15) is 10.5 Å². The van der Waals surface area contributed by atoms with Crippen LogP contribution in [-0.4, -0.2) is 60.4 Å². The standard InChI is InChI=1S/C12H18N4O3/c1-16-4-5-19-8(7-16)6-14-11-9(13)2-3-10(15-11)12(17)18/h2-3,8H,4-7,13H2,1H3,(H,14,15)(H,17,18). The molecular weight excluding hydrogens is 248 g/mol. The van der Waals surface area contributed by atoms with Crippen molar-refractivity contribution in [2.75, 3.05) is 44.3 Å². The lowest BCUT2D eigenvalue weighted by atomic mass is 10.2. The molecule has 0 aliphatic carbocycles. The van der Waals surface area contributed by atoms with Crippen molar-refractivity contribution in [3.8, 4) is 0 Å². The van der Waals surface area contributed by atoms with Gasteiger partial charge in [-0.25, -0.2) is 9.78 Å². The third kappa shape index (κ3) is 3.55. The van der Waals surface area contributed by atoms with Crippen LogP contribution in [0.5, 0.6) is 0 Å². The molecule has 7 heteroatoms. The topological polar surface area (TPSA) is 101 Å². The maximum Gasteiger partial charge on any atom is 0.354 e. The summed E-state index contributed by atoms with van der Waals surface area (Å²) in [6.07, 6.45) is 0.0495. The molecule has 0 saturated carbocycles. The minimum absolute atomic E-state index is 0.0293. The first kappa shape index (κ1) is 13.6. The fraction of sp³-hybridized carbons (Fsp3) is 0.500. The van der Waals surface area contributed by atoms with E-state index in [-0.39, 0.29) is 11.8 Å². The number of pyridine rings is 1. The van der Waals surface area contributed by atoms with Crippen molar-refractivity contribution >= 4 is 17.5 Å². The number of aromatic carboxylic acids is 1. The van der Waals surface area contributed by atoms with Crippen LogP contribution in [0.3, 0.4) is 0 Å². The number of carboxylic acids is 1. The average molecular weight is 266 g/mol. The van der Waals surface area contributed by atoms with E-state index in [2.05, 4.69) is 15.2 Å². The SMILES string of the molecule is CN1CCOC(CNc2nc(C(=O)O)ccc2N)C1. The molecule has 4 N–H and O–H groups in total. The third-order valence-corrected chi connectivity index (χ3v) is 2.98. The Kier molecular flexibility index (Phi) is 4.18. The fourth-order valence-corrected chi connectivity index (χ4v) is 1.93. The van der Waals surface area contributed by atoms with Crippen LogP contribution in [0.2, 0.25) is 0 Å². The van der Waals surface area contributed by atoms with Gasteiger partial charge < -0.3 is 25.8 Å². The molecule has 0 radical (unpaired) electrons. The summed E-state index contributed by atoms with van der Waals surface area (Å²) in [5, 5.41) is 11.9. The number of anilines is 2. The number of rotatable bonds is 4. The highest BCUT2D eigenvalue weighted by Crippen LogP contribution is 2.16. The van der Waals surface area contributed by atoms with E-state index in [0.717, 1.165) is 13.1 Å². The van der Waals surface area contributed by atoms with Crippen molar-refractivity contribution in [3.63, 3.8) is 0 Å². The molecule has 1 unspecified atom stereocenters. The number of nitrogen functional groups attached to an aromatic ring is 1. The van der Waals surface area contributed by atoms with E-state index in [1.807, 2.05) is 7.05 Å². The zero-order valence-corrected chi connectivity index (χ0v) is 10.8. The summed E-state index contributed by atoms with van der Waals surface area (Å²) in [5.41, 5.74) is 6.16. The molecule has 7 nitrogen and oxygen atoms in total. The molecule has 1 aromatic heterocycles. The highest BCUT2D eigenvalue weighted by atomic mass is 16.5. The third-order valence-electron chi connectivity index (χ3n) is 2.98. The molecule has 1 aromatic rings. The molecular formula is C12H18N4O3. The van der Waals surface area contributed by atoms with Gasteiger partial charge >= 0.3 is 5.97 Å². The molecule has 1 aliphatic heterocycles. The average Bonchev–Trinajstić information content (AvgIpc) is 2.37. The number of hydrogen-bond acceptors (Lipinski definition) is 6. The lowest BCUT2D eigenvalue weighted by Crippen LogP contribution is -2.43. The number of hydrogen-bond donors (Lipinski definition) is 3. The highest BCUT2D eigenvalue weighted by molar-refractivity contribution is 5.86. The molecule has 104 valence electrons. The van der Waals surface area contributed by atoms with Crippen LogP contribution in [0.4, 0.5) is 11.5 Å². The largest absolute Gasteiger partial charge is 0.477 e. The van der Waals surface area contributed by atoms with Crippen molar-refractivity contribution < 1.29 is 14.6 Å². The first-order chi connectivity index (χ1) is 9.06. The van der Waals surface area contributed by atoms with Gasteiger partial charge in [0.05, 0.1) is 18.4 Å². The van der Waals surface area contributed by atoms with Gasteiger partial charge in [-0.2, -0.15) is 0 Å². The van der Waals surface area contributed by atoms with Gasteiger partial charge in [0.15, 0.2) is 5.69 Å². The molecule has 1 fully saturated rings. The summed E-state index contributed by atoms with van der Waals surface area (Å²) in [5.74, 6) is -0.687. The zero-order chi connectivity index (χ0) is 13.8. The Labute approximate surface area is 111 Å². The maximum absolute atomic E-state index is 10.9. The Morgan fingerprint density at radius 1 is 1.68 bits per heavy atom. The van der Waals surface area contributed by atoms with Crippen LogP contribution in [-0.2, 0) is 4.74 Å². The summed E-state index contributed by atoms with van der Waals surface area (Å²) in [6, 6.07) is 2.92. The van der Waals surface area contributed by atoms with Crippen LogP contribution in [0, 0.1) is 0 Å². The minimum atomic E-state index is -1.07. The van der Waals surface area contributed by atoms with Gasteiger partial charge in [0.2, 0.25) is 0 Å². The van der Waals surface area contributed by atoms with Gasteiger partial charge in [0, 0.05) is 19.6 Å². The van der Waals surface area contributed by atoms with E-state index < -0.39 is 5.97 Å². The van der Waals surface area contributed by atoms with Crippen molar-refractivity contribution in [1.29, 1.82) is 0 Å². The van der Waals surface area contributed by atoms with Crippen molar-refractivity contribution in [2.24, 2.45) is 0 Å². The number of aromatic nitrogens is 1. The second-order valence-electron chi connectivity index (χ2n) is 4.58. The van der Waals surface area contributed by atoms with E-state index in [0.29, 0.717) is 24.7 Å². The van der Waals surface area contributed by atoms with Crippen molar-refractivity contribution in [2.45, 2.75) is 6.10 Å². The normalized spacial score (nSPS) is 20.2. The fourth-order valence-electron chi connectivity index (χ4n) is 1.93. The molecule has 0 spiro atoms. The number of nitrogens with zero attached hydrogens (tertiary/aromatic N) is 2. The van der Waals surface area contributed by atoms with Gasteiger partial charge in [-0.15, -0.1) is 0 Å². The van der Waals surface area contributed by atoms with E-state index >= 15 is 0 Å². The Bertz CT molecular complexity index is 466. The summed E-state index contributed by atoms with van der Waals surface area (Å²) in [4.78, 5) is 17.0. The molecule has 1 atom stereocenters. The summed E-state index contributed by atoms with van der Waals surface area (Å²) < 4.78 is 5.60. The van der Waals surface area contributed by atoms with Gasteiger partial charge in [-0.1, -0.05) is 0 Å². The van der Waals surface area contributed by atoms with Crippen LogP contribution >= 0.6 is 0 Å². The molecule has 0 bridgehead atoms. The quantitative estimate of drug-likeness (QED) is 0.710. The van der Waals surface area contributed by atoms with Gasteiger partial charge in [-0.3, -0.25) is 0 Å². The highest BCUT2D eigenvalue weighted by Gasteiger charge is 2.18. The summed E-state index contributed by atoms with van der Waals surface area (Å²) in [7, 11) is 2.03. The van der Waals surface area contributed by atoms with Crippen LogP contribution < -0.4 is 11.1 Å². The molecule has 0 amide bonds. The Hall–Kier alpha value is -1.86. The smallest absolute Gasteiger partial charge is 0.354 e. The molecule has 0 aromatic carbocycles. The minimum Gasteiger partial charge on any atom is -0.477 e. The molecule has 1 saturated heterocycles. The number of likely N-dealkylation sites (N-methyl/N-ethyl adjacent to an activating group) is 1. The molecule has 19 heavy (non-hydrogen) atoms. The van der Waals surface area contributed by atoms with Crippen LogP contribution in [0.15, 0.2) is 12.1 Å². The lowest BCUT2D eigenvalue weighted by Gasteiger charge is -2.30. The Morgan fingerprint density at radius 3 is 3.16 bits per heavy atom. The van der Waals surface area contributed by atoms with E-state index in [1.165, 1.54) is 12.1 Å². The second-order valence-corrected chi connectivity index (χ2v) is 4.58. The van der Waals surface area contributed by atoms with Crippen molar-refractivity contribution in [3.05, 3.63) is 17.8 Å². The first-order valence-corrected chi connectivity index (χ1v) is 6.10. The van der Waals surface area contributed by atoms with E-state index in [4.69, 9.17) is 15.6 Å². The number of carbonyl (C=O) groups is 1. The zero-order valence-electron chi connectivity index (χ0n) is 10.8. The van der Waals surface area contributed by atoms with E-state index in [9.17, 15) is 4.79 Å². The maximum atomic E-state index is 10.9. The number of nitrogens with one attached hydrogen (secondary N) is 1. The van der Waals surface area contributed by atoms with Crippen LogP contribution in [0.25, 0.3) is 0 Å². The first-order valence-electron chi connectivity index (χ1n) is 6.10. The second kappa shape index (κ2) is 5.85. The summed E-state index contributed by atoms with van der Waals surface area (Å²) in [6.45, 7) is 2.99. The number of nitrogens with two attached hydrogens (primary N) is 1. The van der Waals surface area contributed by atoms with E-state index in [1.54, 1.807) is 0 Å². The number of ether oxygens (including phenoxy) is 1. The lowest BCUT2D eigenvalue weighted by molar-refractivity contribution is -0.0117. The Balaban J connectivity index is 1.98. The predicted molar refractivity (Wildman–Crippen MR) is 71.3 cm³/mol. The Morgan fingerprint density at radius 2 is 2.47 bits per heavy atom. The number of carboxylic acid groups (broad SMARTS) is 1. The van der Waals surface area contributed by atoms with Crippen molar-refractivity contribution in [1.82, 2.24) is 9.88 Å². The molecule has 2 rings (SSSR count). The monoisotopic (exact) mass is 266 g/mol. The number of morpholine rings is 1. The van der Waals surface area contributed by atoms with Gasteiger partial charge in [0.1, 0.15) is 5.82 Å².